The monoisotopic (exact) mass is 596 g/mol. The Balaban J connectivity index is 1.44. The van der Waals surface area contributed by atoms with Gasteiger partial charge in [0.15, 0.2) is 12.2 Å². The second-order valence-electron chi connectivity index (χ2n) is 10.9. The highest BCUT2D eigenvalue weighted by Crippen LogP contribution is 2.17. The van der Waals surface area contributed by atoms with Crippen LogP contribution in [0.15, 0.2) is 42.6 Å². The fourth-order valence-electron chi connectivity index (χ4n) is 4.78. The first kappa shape index (κ1) is 33.5. The van der Waals surface area contributed by atoms with Gasteiger partial charge < -0.3 is 29.9 Å². The van der Waals surface area contributed by atoms with E-state index >= 15 is 0 Å². The van der Waals surface area contributed by atoms with Crippen molar-refractivity contribution < 1.29 is 34.1 Å². The van der Waals surface area contributed by atoms with Gasteiger partial charge in [-0.05, 0) is 87.3 Å². The predicted molar refractivity (Wildman–Crippen MR) is 164 cm³/mol. The highest BCUT2D eigenvalue weighted by atomic mass is 16.6. The van der Waals surface area contributed by atoms with Crippen LogP contribution in [-0.4, -0.2) is 88.7 Å². The zero-order valence-electron chi connectivity index (χ0n) is 25.3. The minimum Gasteiger partial charge on any atom is -0.480 e. The SMILES string of the molecule is Cc1ccc(CCCCCOC(C(=O)N(C)CCCCCNc2ccc3[nH]ncc3c2)C(OCC(=O)O)C(=O)O)cc1C. The lowest BCUT2D eigenvalue weighted by Crippen LogP contribution is -2.50. The molecule has 234 valence electrons. The van der Waals surface area contributed by atoms with Crippen molar-refractivity contribution in [3.63, 3.8) is 0 Å². The largest absolute Gasteiger partial charge is 0.480 e. The van der Waals surface area contributed by atoms with E-state index in [1.807, 2.05) is 18.2 Å². The minimum atomic E-state index is -1.72. The summed E-state index contributed by atoms with van der Waals surface area (Å²) in [6, 6.07) is 12.4. The van der Waals surface area contributed by atoms with Crippen LogP contribution in [-0.2, 0) is 30.3 Å². The van der Waals surface area contributed by atoms with Crippen LogP contribution in [0, 0.1) is 13.8 Å². The molecule has 4 N–H and O–H groups in total. The molecule has 2 atom stereocenters. The fourth-order valence-corrected chi connectivity index (χ4v) is 4.78. The standard InChI is InChI=1S/C32H44N4O7/c1-22-11-12-24(18-23(22)2)10-6-4-9-17-42-29(30(32(40)41)43-21-28(37)38)31(39)36(3)16-8-5-7-15-33-26-13-14-27-25(19-26)20-34-35-27/h11-14,18-20,29-30,33H,4-10,15-17,21H2,1-3H3,(H,34,35)(H,37,38)(H,40,41). The third-order valence-corrected chi connectivity index (χ3v) is 7.44. The first-order valence-electron chi connectivity index (χ1n) is 14.8. The van der Waals surface area contributed by atoms with Gasteiger partial charge in [0, 0.05) is 37.8 Å². The van der Waals surface area contributed by atoms with E-state index in [-0.39, 0.29) is 6.61 Å². The number of hydrogen-bond acceptors (Lipinski definition) is 7. The van der Waals surface area contributed by atoms with Crippen molar-refractivity contribution in [1.29, 1.82) is 0 Å². The first-order chi connectivity index (χ1) is 20.7. The number of anilines is 1. The van der Waals surface area contributed by atoms with E-state index in [2.05, 4.69) is 47.6 Å². The molecular formula is C32H44N4O7. The number of aromatic nitrogens is 2. The zero-order valence-corrected chi connectivity index (χ0v) is 25.3. The lowest BCUT2D eigenvalue weighted by atomic mass is 10.0. The lowest BCUT2D eigenvalue weighted by molar-refractivity contribution is -0.175. The molecule has 1 aromatic heterocycles. The van der Waals surface area contributed by atoms with Gasteiger partial charge in [-0.1, -0.05) is 24.6 Å². The van der Waals surface area contributed by atoms with Gasteiger partial charge in [0.2, 0.25) is 0 Å². The van der Waals surface area contributed by atoms with Crippen molar-refractivity contribution in [2.45, 2.75) is 71.0 Å². The number of H-pyrrole nitrogens is 1. The van der Waals surface area contributed by atoms with Crippen LogP contribution in [0.5, 0.6) is 0 Å². The summed E-state index contributed by atoms with van der Waals surface area (Å²) in [6.45, 7) is 4.66. The van der Waals surface area contributed by atoms with Crippen LogP contribution in [0.1, 0.15) is 55.2 Å². The van der Waals surface area contributed by atoms with Gasteiger partial charge in [-0.3, -0.25) is 9.89 Å². The molecule has 11 nitrogen and oxygen atoms in total. The number of aliphatic carboxylic acids is 2. The molecule has 0 radical (unpaired) electrons. The Morgan fingerprint density at radius 1 is 0.930 bits per heavy atom. The molecule has 1 amide bonds. The number of carboxylic acid groups (broad SMARTS) is 2. The maximum Gasteiger partial charge on any atom is 0.336 e. The van der Waals surface area contributed by atoms with Gasteiger partial charge in [0.05, 0.1) is 11.7 Å². The van der Waals surface area contributed by atoms with Crippen molar-refractivity contribution in [3.8, 4) is 0 Å². The molecule has 2 unspecified atom stereocenters. The number of amides is 1. The summed E-state index contributed by atoms with van der Waals surface area (Å²) in [5.41, 5.74) is 5.76. The third-order valence-electron chi connectivity index (χ3n) is 7.44. The van der Waals surface area contributed by atoms with Gasteiger partial charge in [0.25, 0.3) is 5.91 Å². The Labute approximate surface area is 252 Å². The molecule has 2 aromatic carbocycles. The molecule has 3 aromatic rings. The zero-order chi connectivity index (χ0) is 31.2. The van der Waals surface area contributed by atoms with Crippen LogP contribution < -0.4 is 5.32 Å². The van der Waals surface area contributed by atoms with Crippen molar-refractivity contribution in [2.75, 3.05) is 38.7 Å². The summed E-state index contributed by atoms with van der Waals surface area (Å²) in [5, 5.41) is 30.1. The maximum absolute atomic E-state index is 13.3. The molecule has 3 rings (SSSR count). The number of likely N-dealkylation sites (N-methyl/N-ethyl adjacent to an activating group) is 1. The smallest absolute Gasteiger partial charge is 0.336 e. The van der Waals surface area contributed by atoms with E-state index in [1.165, 1.54) is 21.6 Å². The molecule has 0 saturated heterocycles. The highest BCUT2D eigenvalue weighted by Gasteiger charge is 2.37. The molecule has 1 heterocycles. The van der Waals surface area contributed by atoms with Gasteiger partial charge >= 0.3 is 11.9 Å². The number of hydrogen-bond donors (Lipinski definition) is 4. The van der Waals surface area contributed by atoms with Crippen molar-refractivity contribution in [3.05, 3.63) is 59.3 Å². The number of carbonyl (C=O) groups excluding carboxylic acids is 1. The summed E-state index contributed by atoms with van der Waals surface area (Å²) < 4.78 is 10.9. The van der Waals surface area contributed by atoms with Crippen LogP contribution in [0.4, 0.5) is 5.69 Å². The molecule has 0 spiro atoms. The normalized spacial score (nSPS) is 12.6. The van der Waals surface area contributed by atoms with Crippen LogP contribution >= 0.6 is 0 Å². The number of rotatable bonds is 20. The van der Waals surface area contributed by atoms with Crippen LogP contribution in [0.2, 0.25) is 0 Å². The summed E-state index contributed by atoms with van der Waals surface area (Å²) in [5.74, 6) is -3.31. The maximum atomic E-state index is 13.3. The topological polar surface area (TPSA) is 154 Å². The number of fused-ring (bicyclic) bond motifs is 1. The van der Waals surface area contributed by atoms with E-state index in [9.17, 15) is 19.5 Å². The van der Waals surface area contributed by atoms with Crippen molar-refractivity contribution in [1.82, 2.24) is 15.1 Å². The molecule has 11 heteroatoms. The fraction of sp³-hybridized carbons (Fsp3) is 0.500. The summed E-state index contributed by atoms with van der Waals surface area (Å²) in [4.78, 5) is 37.7. The Morgan fingerprint density at radius 2 is 1.72 bits per heavy atom. The first-order valence-corrected chi connectivity index (χ1v) is 14.8. The Morgan fingerprint density at radius 3 is 2.47 bits per heavy atom. The van der Waals surface area contributed by atoms with Gasteiger partial charge in [0.1, 0.15) is 6.61 Å². The average molecular weight is 597 g/mol. The number of benzene rings is 2. The molecule has 0 aliphatic rings. The van der Waals surface area contributed by atoms with Gasteiger partial charge in [-0.15, -0.1) is 0 Å². The summed E-state index contributed by atoms with van der Waals surface area (Å²) in [7, 11) is 1.59. The molecule has 0 aliphatic heterocycles. The number of carbonyl (C=O) groups is 3. The van der Waals surface area contributed by atoms with E-state index in [0.29, 0.717) is 19.4 Å². The number of nitrogens with one attached hydrogen (secondary N) is 2. The Bertz CT molecular complexity index is 1340. The molecular weight excluding hydrogens is 552 g/mol. The second kappa shape index (κ2) is 17.2. The summed E-state index contributed by atoms with van der Waals surface area (Å²) >= 11 is 0. The molecule has 0 bridgehead atoms. The number of aryl methyl sites for hydroxylation is 3. The Kier molecular flexibility index (Phi) is 13.4. The van der Waals surface area contributed by atoms with Crippen molar-refractivity contribution >= 4 is 34.4 Å². The number of unbranched alkanes of at least 4 members (excludes halogenated alkanes) is 4. The molecule has 43 heavy (non-hydrogen) atoms. The molecule has 0 fully saturated rings. The average Bonchev–Trinajstić information content (AvgIpc) is 3.44. The lowest BCUT2D eigenvalue weighted by Gasteiger charge is -2.27. The predicted octanol–water partition coefficient (Wildman–Crippen LogP) is 4.57. The molecule has 0 saturated carbocycles. The minimum absolute atomic E-state index is 0.160. The van der Waals surface area contributed by atoms with Gasteiger partial charge in [-0.25, -0.2) is 9.59 Å². The number of aromatic amines is 1. The van der Waals surface area contributed by atoms with E-state index in [4.69, 9.17) is 14.6 Å². The second-order valence-corrected chi connectivity index (χ2v) is 10.9. The number of ether oxygens (including phenoxy) is 2. The van der Waals surface area contributed by atoms with E-state index in [0.717, 1.165) is 55.2 Å². The van der Waals surface area contributed by atoms with E-state index in [1.54, 1.807) is 13.2 Å². The Hall–Kier alpha value is -3.96. The third kappa shape index (κ3) is 11.0. The summed E-state index contributed by atoms with van der Waals surface area (Å²) in [6.07, 6.45) is 4.36. The van der Waals surface area contributed by atoms with Gasteiger partial charge in [-0.2, -0.15) is 5.10 Å². The van der Waals surface area contributed by atoms with Crippen molar-refractivity contribution in [2.24, 2.45) is 0 Å². The highest BCUT2D eigenvalue weighted by molar-refractivity contribution is 5.88. The quantitative estimate of drug-likeness (QED) is 0.137. The van der Waals surface area contributed by atoms with Crippen LogP contribution in [0.3, 0.4) is 0 Å². The number of carboxylic acids is 2. The van der Waals surface area contributed by atoms with E-state index < -0.39 is 36.7 Å². The molecule has 0 aliphatic carbocycles. The number of nitrogens with zero attached hydrogens (tertiary/aromatic N) is 2. The van der Waals surface area contributed by atoms with Crippen LogP contribution in [0.25, 0.3) is 10.9 Å².